The molecule has 5 nitrogen and oxygen atoms in total. The van der Waals surface area contributed by atoms with Gasteiger partial charge >= 0.3 is 0 Å². The van der Waals surface area contributed by atoms with Crippen LogP contribution in [0.2, 0.25) is 0 Å². The van der Waals surface area contributed by atoms with E-state index in [9.17, 15) is 4.39 Å². The van der Waals surface area contributed by atoms with Crippen LogP contribution in [0.3, 0.4) is 0 Å². The summed E-state index contributed by atoms with van der Waals surface area (Å²) >= 11 is 0. The second-order valence-corrected chi connectivity index (χ2v) is 6.96. The van der Waals surface area contributed by atoms with Crippen LogP contribution in [0.1, 0.15) is 25.3 Å². The van der Waals surface area contributed by atoms with Crippen molar-refractivity contribution in [3.05, 3.63) is 66.1 Å². The average Bonchev–Trinajstić information content (AvgIpc) is 2.75. The molecule has 2 aromatic carbocycles. The summed E-state index contributed by atoms with van der Waals surface area (Å²) in [6.45, 7) is 3.23. The lowest BCUT2D eigenvalue weighted by Crippen LogP contribution is -2.15. The number of unbranched alkanes of at least 4 members (excludes halogenated alkanes) is 1. The molecule has 0 saturated heterocycles. The first kappa shape index (κ1) is 19.1. The van der Waals surface area contributed by atoms with Gasteiger partial charge in [0.05, 0.1) is 11.9 Å². The minimum atomic E-state index is -0.430. The lowest BCUT2D eigenvalue weighted by Gasteiger charge is -2.19. The third-order valence-electron chi connectivity index (χ3n) is 4.72. The van der Waals surface area contributed by atoms with E-state index in [0.717, 1.165) is 12.1 Å². The number of halogens is 1. The summed E-state index contributed by atoms with van der Waals surface area (Å²) in [4.78, 5) is 4.15. The maximum absolute atomic E-state index is 14.3. The molecule has 150 valence electrons. The molecular formula is C23H24FN3O2. The second kappa shape index (κ2) is 8.82. The number of hydrogen-bond donors (Lipinski definition) is 2. The molecular weight excluding hydrogens is 369 g/mol. The zero-order chi connectivity index (χ0) is 20.1. The Bertz CT molecular complexity index is 976. The van der Waals surface area contributed by atoms with Gasteiger partial charge in [0.1, 0.15) is 19.0 Å². The molecule has 4 rings (SSSR count). The molecule has 0 saturated carbocycles. The number of pyridine rings is 1. The summed E-state index contributed by atoms with van der Waals surface area (Å²) in [5.41, 5.74) is 3.27. The molecule has 6 heteroatoms. The van der Waals surface area contributed by atoms with Gasteiger partial charge < -0.3 is 20.1 Å². The normalized spacial score (nSPS) is 12.5. The minimum absolute atomic E-state index is 0.332. The summed E-state index contributed by atoms with van der Waals surface area (Å²) < 4.78 is 25.4. The third kappa shape index (κ3) is 4.77. The van der Waals surface area contributed by atoms with Crippen molar-refractivity contribution in [1.82, 2.24) is 4.98 Å². The van der Waals surface area contributed by atoms with E-state index in [4.69, 9.17) is 9.47 Å². The molecule has 0 amide bonds. The summed E-state index contributed by atoms with van der Waals surface area (Å²) in [7, 11) is 0. The number of ether oxygens (including phenoxy) is 2. The fourth-order valence-electron chi connectivity index (χ4n) is 3.16. The van der Waals surface area contributed by atoms with Crippen LogP contribution in [0.4, 0.5) is 27.3 Å². The molecule has 0 aliphatic carbocycles. The number of rotatable bonds is 7. The van der Waals surface area contributed by atoms with Gasteiger partial charge in [-0.25, -0.2) is 9.37 Å². The van der Waals surface area contributed by atoms with Crippen molar-refractivity contribution >= 4 is 22.9 Å². The lowest BCUT2D eigenvalue weighted by molar-refractivity contribution is 0.171. The van der Waals surface area contributed by atoms with E-state index in [1.54, 1.807) is 12.1 Å². The summed E-state index contributed by atoms with van der Waals surface area (Å²) in [5, 5.41) is 6.32. The first-order valence-corrected chi connectivity index (χ1v) is 9.89. The van der Waals surface area contributed by atoms with Crippen LogP contribution in [-0.4, -0.2) is 18.2 Å². The van der Waals surface area contributed by atoms with Gasteiger partial charge in [-0.05, 0) is 42.7 Å². The molecule has 0 spiro atoms. The van der Waals surface area contributed by atoms with E-state index in [-0.39, 0.29) is 0 Å². The Morgan fingerprint density at radius 3 is 2.48 bits per heavy atom. The number of benzene rings is 2. The predicted octanol–water partition coefficient (Wildman–Crippen LogP) is 5.82. The predicted molar refractivity (Wildman–Crippen MR) is 113 cm³/mol. The van der Waals surface area contributed by atoms with E-state index >= 15 is 0 Å². The summed E-state index contributed by atoms with van der Waals surface area (Å²) in [5.74, 6) is 1.48. The second-order valence-electron chi connectivity index (χ2n) is 6.96. The van der Waals surface area contributed by atoms with Crippen molar-refractivity contribution in [3.63, 3.8) is 0 Å². The van der Waals surface area contributed by atoms with Crippen LogP contribution in [-0.2, 0) is 6.42 Å². The van der Waals surface area contributed by atoms with Gasteiger partial charge in [0.25, 0.3) is 0 Å². The highest BCUT2D eigenvalue weighted by molar-refractivity contribution is 5.68. The summed E-state index contributed by atoms with van der Waals surface area (Å²) in [6.07, 6.45) is 4.65. The van der Waals surface area contributed by atoms with Crippen LogP contribution in [0.25, 0.3) is 0 Å². The lowest BCUT2D eigenvalue weighted by atomic mass is 10.1. The van der Waals surface area contributed by atoms with Crippen LogP contribution in [0, 0.1) is 5.82 Å². The zero-order valence-electron chi connectivity index (χ0n) is 16.4. The van der Waals surface area contributed by atoms with Crippen LogP contribution >= 0.6 is 0 Å². The molecule has 0 fully saturated rings. The molecule has 0 unspecified atom stereocenters. The van der Waals surface area contributed by atoms with Crippen molar-refractivity contribution < 1.29 is 13.9 Å². The van der Waals surface area contributed by atoms with Crippen molar-refractivity contribution in [2.24, 2.45) is 0 Å². The largest absolute Gasteiger partial charge is 0.486 e. The van der Waals surface area contributed by atoms with Gasteiger partial charge in [0.15, 0.2) is 17.3 Å². The maximum atomic E-state index is 14.3. The zero-order valence-corrected chi connectivity index (χ0v) is 16.4. The monoisotopic (exact) mass is 393 g/mol. The quantitative estimate of drug-likeness (QED) is 0.530. The van der Waals surface area contributed by atoms with Crippen LogP contribution in [0.5, 0.6) is 11.5 Å². The molecule has 0 atom stereocenters. The van der Waals surface area contributed by atoms with Crippen molar-refractivity contribution in [3.8, 4) is 11.5 Å². The van der Waals surface area contributed by atoms with Gasteiger partial charge in [0.2, 0.25) is 0 Å². The first-order chi connectivity index (χ1) is 14.2. The standard InChI is InChI=1S/C23H24FN3O2/c1-2-3-4-16-5-7-17(8-6-16)27-23-14-20(19(24)15-25-23)26-18-9-10-21-22(13-18)29-12-11-28-21/h5-10,13-15H,2-4,11-12H2,1H3,(H2,25,26,27). The number of aryl methyl sites for hydroxylation is 1. The Morgan fingerprint density at radius 1 is 0.931 bits per heavy atom. The average molecular weight is 393 g/mol. The SMILES string of the molecule is CCCCc1ccc(Nc2cc(Nc3ccc4c(c3)OCCO4)c(F)cn2)cc1. The fraction of sp³-hybridized carbons (Fsp3) is 0.261. The molecule has 0 radical (unpaired) electrons. The molecule has 2 heterocycles. The summed E-state index contributed by atoms with van der Waals surface area (Å²) in [6, 6.07) is 15.3. The van der Waals surface area contributed by atoms with E-state index in [1.165, 1.54) is 24.6 Å². The number of aromatic nitrogens is 1. The highest BCUT2D eigenvalue weighted by Gasteiger charge is 2.13. The Labute approximate surface area is 169 Å². The molecule has 1 aromatic heterocycles. The highest BCUT2D eigenvalue weighted by Crippen LogP contribution is 2.34. The van der Waals surface area contributed by atoms with E-state index in [2.05, 4.69) is 34.7 Å². The van der Waals surface area contributed by atoms with Crippen molar-refractivity contribution in [1.29, 1.82) is 0 Å². The number of nitrogens with zero attached hydrogens (tertiary/aromatic N) is 1. The minimum Gasteiger partial charge on any atom is -0.486 e. The number of hydrogen-bond acceptors (Lipinski definition) is 5. The van der Waals surface area contributed by atoms with Crippen molar-refractivity contribution in [2.75, 3.05) is 23.8 Å². The van der Waals surface area contributed by atoms with Crippen LogP contribution in [0.15, 0.2) is 54.7 Å². The van der Waals surface area contributed by atoms with Gasteiger partial charge in [0, 0.05) is 23.5 Å². The maximum Gasteiger partial charge on any atom is 0.165 e. The third-order valence-corrected chi connectivity index (χ3v) is 4.72. The number of anilines is 4. The van der Waals surface area contributed by atoms with E-state index < -0.39 is 5.82 Å². The van der Waals surface area contributed by atoms with Gasteiger partial charge in [-0.2, -0.15) is 0 Å². The molecule has 2 N–H and O–H groups in total. The van der Waals surface area contributed by atoms with Gasteiger partial charge in [-0.3, -0.25) is 0 Å². The first-order valence-electron chi connectivity index (χ1n) is 9.89. The molecule has 1 aliphatic heterocycles. The Kier molecular flexibility index (Phi) is 5.79. The Balaban J connectivity index is 1.47. The van der Waals surface area contributed by atoms with Gasteiger partial charge in [-0.15, -0.1) is 0 Å². The highest BCUT2D eigenvalue weighted by atomic mass is 19.1. The molecule has 1 aliphatic rings. The molecule has 3 aromatic rings. The van der Waals surface area contributed by atoms with E-state index in [0.29, 0.717) is 41.9 Å². The number of fused-ring (bicyclic) bond motifs is 1. The van der Waals surface area contributed by atoms with Gasteiger partial charge in [-0.1, -0.05) is 25.5 Å². The Morgan fingerprint density at radius 2 is 1.69 bits per heavy atom. The van der Waals surface area contributed by atoms with Crippen molar-refractivity contribution in [2.45, 2.75) is 26.2 Å². The smallest absolute Gasteiger partial charge is 0.165 e. The van der Waals surface area contributed by atoms with Crippen LogP contribution < -0.4 is 20.1 Å². The number of nitrogens with one attached hydrogen (secondary N) is 2. The fourth-order valence-corrected chi connectivity index (χ4v) is 3.16. The Hall–Kier alpha value is -3.28. The molecule has 29 heavy (non-hydrogen) atoms. The van der Waals surface area contributed by atoms with E-state index in [1.807, 2.05) is 24.3 Å². The molecule has 0 bridgehead atoms. The topological polar surface area (TPSA) is 55.4 Å².